The fourth-order valence-corrected chi connectivity index (χ4v) is 12.0. The molecule has 0 aliphatic heterocycles. The second-order valence-electron chi connectivity index (χ2n) is 18.9. The maximum absolute atomic E-state index is 7.02. The van der Waals surface area contributed by atoms with Crippen LogP contribution < -0.4 is 5.73 Å². The summed E-state index contributed by atoms with van der Waals surface area (Å²) in [5.41, 5.74) is 27.0. The number of nitrogen functional groups attached to an aromatic ring is 1. The molecule has 0 bridgehead atoms. The van der Waals surface area contributed by atoms with Crippen molar-refractivity contribution in [3.05, 3.63) is 266 Å². The summed E-state index contributed by atoms with van der Waals surface area (Å²) in [7, 11) is 0. The lowest BCUT2D eigenvalue weighted by Crippen LogP contribution is -1.97. The van der Waals surface area contributed by atoms with E-state index in [1.165, 1.54) is 86.9 Å². The molecule has 12 aromatic carbocycles. The predicted octanol–water partition coefficient (Wildman–Crippen LogP) is 19.8. The largest absolute Gasteiger partial charge is 0.396 e. The van der Waals surface area contributed by atoms with E-state index < -0.39 is 0 Å². The predicted molar refractivity (Wildman–Crippen MR) is 315 cm³/mol. The molecule has 2 N–H and O–H groups in total. The molecule has 1 heterocycles. The first-order valence-corrected chi connectivity index (χ1v) is 25.7. The smallest absolute Gasteiger partial charge is 0.0947 e. The van der Waals surface area contributed by atoms with E-state index in [0.717, 1.165) is 49.6 Å². The monoisotopic (exact) mass is 948 g/mol. The summed E-state index contributed by atoms with van der Waals surface area (Å²) in [6.07, 6.45) is 0. The first kappa shape index (κ1) is 43.8. The molecule has 73 heavy (non-hydrogen) atoms. The standard InChI is InChI=1S/C70H48N2S/c1-45(72-68-62-36-14-12-34-60(62)59-33-11-13-35-61(59)67(68)71)49-25-15-31-55(37-49)63-41-57(53-29-16-26-50(38-53)46-19-5-2-6-20-46)43-65-66-44-58(54-30-17-27-51(39-54)47-21-7-3-8-22-47)42-64(70(66)73-69(63)65)56-32-18-28-52(40-56)48-23-9-4-10-24-48/h2-44H,71H2,1H3. The molecule has 344 valence electrons. The van der Waals surface area contributed by atoms with Crippen LogP contribution in [-0.2, 0) is 0 Å². The fourth-order valence-electron chi connectivity index (χ4n) is 10.7. The zero-order chi connectivity index (χ0) is 48.8. The highest BCUT2D eigenvalue weighted by atomic mass is 32.1. The van der Waals surface area contributed by atoms with Crippen molar-refractivity contribution in [3.8, 4) is 77.9 Å². The molecule has 0 fully saturated rings. The Morgan fingerprint density at radius 3 is 1.15 bits per heavy atom. The van der Waals surface area contributed by atoms with Crippen molar-refractivity contribution < 1.29 is 0 Å². The van der Waals surface area contributed by atoms with Crippen molar-refractivity contribution in [2.75, 3.05) is 5.73 Å². The zero-order valence-corrected chi connectivity index (χ0v) is 41.1. The normalized spacial score (nSPS) is 11.8. The molecule has 0 aliphatic rings. The Bertz CT molecular complexity index is 4260. The molecule has 13 rings (SSSR count). The molecule has 0 aliphatic carbocycles. The lowest BCUT2D eigenvalue weighted by atomic mass is 9.91. The second-order valence-corrected chi connectivity index (χ2v) is 19.9. The Morgan fingerprint density at radius 1 is 0.301 bits per heavy atom. The van der Waals surface area contributed by atoms with Crippen LogP contribution in [0.5, 0.6) is 0 Å². The third-order valence-electron chi connectivity index (χ3n) is 14.4. The van der Waals surface area contributed by atoms with Crippen LogP contribution in [0.3, 0.4) is 0 Å². The van der Waals surface area contributed by atoms with Gasteiger partial charge >= 0.3 is 0 Å². The number of nitrogens with zero attached hydrogens (tertiary/aromatic N) is 1. The molecular weight excluding hydrogens is 901 g/mol. The van der Waals surface area contributed by atoms with E-state index in [1.54, 1.807) is 0 Å². The highest BCUT2D eigenvalue weighted by Crippen LogP contribution is 2.49. The first-order valence-electron chi connectivity index (χ1n) is 24.9. The Labute approximate surface area is 429 Å². The van der Waals surface area contributed by atoms with Crippen LogP contribution in [0.4, 0.5) is 11.4 Å². The number of hydrogen-bond acceptors (Lipinski definition) is 3. The summed E-state index contributed by atoms with van der Waals surface area (Å²) in [6.45, 7) is 2.10. The van der Waals surface area contributed by atoms with E-state index in [-0.39, 0.29) is 0 Å². The maximum Gasteiger partial charge on any atom is 0.0947 e. The molecule has 2 nitrogen and oxygen atoms in total. The Morgan fingerprint density at radius 2 is 0.658 bits per heavy atom. The van der Waals surface area contributed by atoms with Crippen LogP contribution in [0.2, 0.25) is 0 Å². The first-order chi connectivity index (χ1) is 36.0. The van der Waals surface area contributed by atoms with Gasteiger partial charge in [0.25, 0.3) is 0 Å². The molecule has 1 aromatic heterocycles. The fraction of sp³-hybridized carbons (Fsp3) is 0.0143. The number of benzene rings is 12. The Kier molecular flexibility index (Phi) is 11.1. The third kappa shape index (κ3) is 8.16. The Hall–Kier alpha value is -9.15. The summed E-state index contributed by atoms with van der Waals surface area (Å²) in [5.74, 6) is 0. The average Bonchev–Trinajstić information content (AvgIpc) is 3.85. The van der Waals surface area contributed by atoms with Gasteiger partial charge in [0, 0.05) is 47.8 Å². The van der Waals surface area contributed by atoms with Gasteiger partial charge in [0.1, 0.15) is 0 Å². The molecule has 0 amide bonds. The van der Waals surface area contributed by atoms with Crippen LogP contribution in [-0.4, -0.2) is 5.71 Å². The van der Waals surface area contributed by atoms with Crippen LogP contribution >= 0.6 is 11.3 Å². The summed E-state index contributed by atoms with van der Waals surface area (Å²) < 4.78 is 2.50. The van der Waals surface area contributed by atoms with E-state index in [4.69, 9.17) is 10.7 Å². The van der Waals surface area contributed by atoms with Gasteiger partial charge in [0.2, 0.25) is 0 Å². The van der Waals surface area contributed by atoms with Crippen molar-refractivity contribution in [2.24, 2.45) is 4.99 Å². The van der Waals surface area contributed by atoms with E-state index in [0.29, 0.717) is 5.69 Å². The number of hydrogen-bond donors (Lipinski definition) is 1. The molecule has 0 spiro atoms. The van der Waals surface area contributed by atoms with Crippen molar-refractivity contribution >= 4 is 70.1 Å². The molecular formula is C70H48N2S. The summed E-state index contributed by atoms with van der Waals surface area (Å²) in [6, 6.07) is 94.5. The van der Waals surface area contributed by atoms with Crippen LogP contribution in [0.1, 0.15) is 12.5 Å². The highest BCUT2D eigenvalue weighted by Gasteiger charge is 2.20. The minimum atomic E-state index is 0.693. The van der Waals surface area contributed by atoms with E-state index in [2.05, 4.69) is 262 Å². The van der Waals surface area contributed by atoms with Gasteiger partial charge in [-0.25, -0.2) is 0 Å². The van der Waals surface area contributed by atoms with Crippen molar-refractivity contribution in [2.45, 2.75) is 6.92 Å². The quantitative estimate of drug-likeness (QED) is 0.0874. The van der Waals surface area contributed by atoms with Crippen LogP contribution in [0, 0.1) is 0 Å². The summed E-state index contributed by atoms with van der Waals surface area (Å²) in [4.78, 5) is 5.37. The Balaban J connectivity index is 1.05. The second kappa shape index (κ2) is 18.5. The van der Waals surface area contributed by atoms with Crippen LogP contribution in [0.25, 0.3) is 120 Å². The lowest BCUT2D eigenvalue weighted by molar-refractivity contribution is 1.50. The van der Waals surface area contributed by atoms with Gasteiger partial charge in [-0.05, 0) is 139 Å². The van der Waals surface area contributed by atoms with Crippen LogP contribution in [0.15, 0.2) is 266 Å². The van der Waals surface area contributed by atoms with Gasteiger partial charge in [-0.1, -0.05) is 212 Å². The summed E-state index contributed by atoms with van der Waals surface area (Å²) in [5, 5.41) is 6.80. The highest BCUT2D eigenvalue weighted by molar-refractivity contribution is 7.27. The molecule has 0 atom stereocenters. The van der Waals surface area contributed by atoms with Crippen molar-refractivity contribution in [3.63, 3.8) is 0 Å². The maximum atomic E-state index is 7.02. The van der Waals surface area contributed by atoms with Gasteiger partial charge < -0.3 is 5.73 Å². The lowest BCUT2D eigenvalue weighted by Gasteiger charge is -2.14. The number of nitrogens with two attached hydrogens (primary N) is 1. The number of aliphatic imine (C=N–C) groups is 1. The minimum absolute atomic E-state index is 0.693. The van der Waals surface area contributed by atoms with Gasteiger partial charge in [-0.2, -0.15) is 0 Å². The van der Waals surface area contributed by atoms with Gasteiger partial charge in [0.05, 0.1) is 11.4 Å². The number of thiophene rings is 1. The van der Waals surface area contributed by atoms with Crippen molar-refractivity contribution in [1.82, 2.24) is 0 Å². The average molecular weight is 949 g/mol. The number of anilines is 1. The number of fused-ring (bicyclic) bond motifs is 6. The third-order valence-corrected chi connectivity index (χ3v) is 15.7. The molecule has 13 aromatic rings. The molecule has 3 heteroatoms. The minimum Gasteiger partial charge on any atom is -0.396 e. The van der Waals surface area contributed by atoms with E-state index in [9.17, 15) is 0 Å². The molecule has 0 saturated carbocycles. The van der Waals surface area contributed by atoms with E-state index >= 15 is 0 Å². The SMILES string of the molecule is CC(=Nc1c(N)c2ccccc2c2ccccc12)c1cccc(-c2cc(-c3cccc(-c4ccccc4)c3)cc3c2sc2c(-c4cccc(-c5ccccc5)c4)cc(-c4cccc(-c5ccccc5)c4)cc23)c1. The zero-order valence-electron chi connectivity index (χ0n) is 40.3. The van der Waals surface area contributed by atoms with E-state index in [1.807, 2.05) is 17.4 Å². The molecule has 0 radical (unpaired) electrons. The van der Waals surface area contributed by atoms with Gasteiger partial charge in [-0.15, -0.1) is 11.3 Å². The number of rotatable bonds is 9. The van der Waals surface area contributed by atoms with Crippen molar-refractivity contribution in [1.29, 1.82) is 0 Å². The molecule has 0 saturated heterocycles. The summed E-state index contributed by atoms with van der Waals surface area (Å²) >= 11 is 1.89. The molecule has 0 unspecified atom stereocenters. The van der Waals surface area contributed by atoms with Gasteiger partial charge in [0.15, 0.2) is 0 Å². The topological polar surface area (TPSA) is 38.4 Å². The van der Waals surface area contributed by atoms with Gasteiger partial charge in [-0.3, -0.25) is 4.99 Å².